The van der Waals surface area contributed by atoms with Crippen LogP contribution >= 0.6 is 23.2 Å². The maximum atomic E-state index is 15.8. The summed E-state index contributed by atoms with van der Waals surface area (Å²) in [5, 5.41) is 15.1. The van der Waals surface area contributed by atoms with Gasteiger partial charge in [0.05, 0.1) is 12.2 Å². The van der Waals surface area contributed by atoms with Crippen molar-refractivity contribution >= 4 is 29.0 Å². The molecule has 2 atom stereocenters. The van der Waals surface area contributed by atoms with Gasteiger partial charge in [-0.05, 0) is 48.6 Å². The summed E-state index contributed by atoms with van der Waals surface area (Å²) < 4.78 is 15.8. The predicted octanol–water partition coefficient (Wildman–Crippen LogP) is 5.05. The molecule has 1 N–H and O–H groups in total. The number of aromatic nitrogens is 1. The minimum atomic E-state index is -2.27. The number of nitrogens with zero attached hydrogens (tertiary/aromatic N) is 4. The standard InChI is InChI=1S/C19H17Cl2FN4O2/c20-13-5-3-12(15(21)10-13)4-6-16(27)19(22)8-7-18(28,11-25-26-23)17-14(19)2-1-9-24-17/h1-3,5,9-10,28H,4,6-8,11H2/t18-,19+/m1/s1. The van der Waals surface area contributed by atoms with Gasteiger partial charge >= 0.3 is 0 Å². The number of aliphatic hydroxyl groups is 1. The van der Waals surface area contributed by atoms with E-state index in [1.807, 2.05) is 0 Å². The summed E-state index contributed by atoms with van der Waals surface area (Å²) in [5.41, 5.74) is 5.43. The summed E-state index contributed by atoms with van der Waals surface area (Å²) in [7, 11) is 0. The van der Waals surface area contributed by atoms with Crippen molar-refractivity contribution in [3.8, 4) is 0 Å². The molecule has 0 saturated carbocycles. The number of azide groups is 1. The number of carbonyl (C=O) groups is 1. The number of pyridine rings is 1. The van der Waals surface area contributed by atoms with Gasteiger partial charge in [0.15, 0.2) is 11.5 Å². The third-order valence-electron chi connectivity index (χ3n) is 5.03. The number of rotatable bonds is 6. The molecule has 3 rings (SSSR count). The summed E-state index contributed by atoms with van der Waals surface area (Å²) in [6.07, 6.45) is 1.29. The Labute approximate surface area is 170 Å². The van der Waals surface area contributed by atoms with Crippen LogP contribution in [-0.2, 0) is 22.5 Å². The van der Waals surface area contributed by atoms with Gasteiger partial charge in [-0.25, -0.2) is 4.39 Å². The Morgan fingerprint density at radius 3 is 2.86 bits per heavy atom. The largest absolute Gasteiger partial charge is 0.383 e. The lowest BCUT2D eigenvalue weighted by Gasteiger charge is -2.39. The van der Waals surface area contributed by atoms with Gasteiger partial charge in [-0.15, -0.1) is 0 Å². The minimum Gasteiger partial charge on any atom is -0.383 e. The maximum Gasteiger partial charge on any atom is 0.195 e. The number of benzene rings is 1. The molecule has 1 heterocycles. The summed E-state index contributed by atoms with van der Waals surface area (Å²) >= 11 is 12.0. The molecule has 0 saturated heterocycles. The van der Waals surface area contributed by atoms with Crippen LogP contribution in [0.4, 0.5) is 4.39 Å². The quantitative estimate of drug-likeness (QED) is 0.400. The fourth-order valence-corrected chi connectivity index (χ4v) is 3.99. The van der Waals surface area contributed by atoms with Gasteiger partial charge in [-0.1, -0.05) is 40.4 Å². The van der Waals surface area contributed by atoms with Crippen molar-refractivity contribution in [1.82, 2.24) is 4.98 Å². The minimum absolute atomic E-state index is 0.0177. The SMILES string of the molecule is [N-]=[N+]=NC[C@]1(O)CC[C@@](F)(C(=O)CCc2ccc(Cl)cc2Cl)c2cccnc21. The van der Waals surface area contributed by atoms with Crippen LogP contribution in [0.25, 0.3) is 10.4 Å². The molecule has 9 heteroatoms. The molecule has 0 amide bonds. The van der Waals surface area contributed by atoms with Crippen molar-refractivity contribution in [2.75, 3.05) is 6.54 Å². The molecule has 146 valence electrons. The Bertz CT molecular complexity index is 967. The summed E-state index contributed by atoms with van der Waals surface area (Å²) in [6, 6.07) is 7.89. The molecule has 1 aliphatic rings. The highest BCUT2D eigenvalue weighted by Crippen LogP contribution is 2.46. The van der Waals surface area contributed by atoms with Crippen molar-refractivity contribution < 1.29 is 14.3 Å². The topological polar surface area (TPSA) is 99.0 Å². The van der Waals surface area contributed by atoms with Gasteiger partial charge in [-0.3, -0.25) is 9.78 Å². The first kappa shape index (κ1) is 20.6. The molecule has 1 aromatic heterocycles. The lowest BCUT2D eigenvalue weighted by Crippen LogP contribution is -2.45. The zero-order valence-electron chi connectivity index (χ0n) is 14.8. The van der Waals surface area contributed by atoms with Crippen LogP contribution in [0.3, 0.4) is 0 Å². The average Bonchev–Trinajstić information content (AvgIpc) is 2.69. The molecule has 28 heavy (non-hydrogen) atoms. The number of ketones is 1. The zero-order valence-corrected chi connectivity index (χ0v) is 16.3. The molecule has 0 aliphatic heterocycles. The number of Topliss-reactive ketones (excluding diaryl/α,β-unsaturated/α-hetero) is 1. The normalized spacial score (nSPS) is 23.6. The molecule has 0 unspecified atom stereocenters. The van der Waals surface area contributed by atoms with Crippen molar-refractivity contribution in [1.29, 1.82) is 0 Å². The van der Waals surface area contributed by atoms with E-state index in [2.05, 4.69) is 15.0 Å². The molecule has 6 nitrogen and oxygen atoms in total. The molecule has 2 aromatic rings. The Hall–Kier alpha value is -2.18. The second kappa shape index (κ2) is 8.05. The van der Waals surface area contributed by atoms with E-state index in [4.69, 9.17) is 28.7 Å². The third-order valence-corrected chi connectivity index (χ3v) is 5.62. The molecule has 0 spiro atoms. The number of carbonyl (C=O) groups excluding carboxylic acids is 1. The lowest BCUT2D eigenvalue weighted by molar-refractivity contribution is -0.134. The third kappa shape index (κ3) is 3.84. The van der Waals surface area contributed by atoms with E-state index >= 15 is 4.39 Å². The molecular formula is C19H17Cl2FN4O2. The number of hydrogen-bond acceptors (Lipinski definition) is 4. The number of fused-ring (bicyclic) bond motifs is 1. The van der Waals surface area contributed by atoms with Crippen LogP contribution in [0.5, 0.6) is 0 Å². The average molecular weight is 423 g/mol. The van der Waals surface area contributed by atoms with E-state index < -0.39 is 17.1 Å². The highest BCUT2D eigenvalue weighted by molar-refractivity contribution is 6.35. The Kier molecular flexibility index (Phi) is 5.91. The zero-order chi connectivity index (χ0) is 20.4. The van der Waals surface area contributed by atoms with Gasteiger partial charge in [-0.2, -0.15) is 0 Å². The second-order valence-electron chi connectivity index (χ2n) is 6.78. The lowest BCUT2D eigenvalue weighted by atomic mass is 9.72. The number of halogens is 3. The Morgan fingerprint density at radius 1 is 1.36 bits per heavy atom. The van der Waals surface area contributed by atoms with Gasteiger partial charge in [0, 0.05) is 33.1 Å². The molecule has 0 fully saturated rings. The molecule has 1 aliphatic carbocycles. The fourth-order valence-electron chi connectivity index (χ4n) is 3.49. The van der Waals surface area contributed by atoms with Gasteiger partial charge in [0.25, 0.3) is 0 Å². The van der Waals surface area contributed by atoms with Crippen molar-refractivity contribution in [2.45, 2.75) is 37.0 Å². The Balaban J connectivity index is 1.87. The van der Waals surface area contributed by atoms with E-state index in [0.717, 1.165) is 0 Å². The van der Waals surface area contributed by atoms with E-state index in [-0.39, 0.29) is 43.5 Å². The molecule has 0 radical (unpaired) electrons. The van der Waals surface area contributed by atoms with E-state index in [1.54, 1.807) is 18.2 Å². The number of aryl methyl sites for hydroxylation is 1. The van der Waals surface area contributed by atoms with E-state index in [1.165, 1.54) is 18.3 Å². The highest BCUT2D eigenvalue weighted by Gasteiger charge is 2.51. The van der Waals surface area contributed by atoms with Gasteiger partial charge in [0.2, 0.25) is 0 Å². The van der Waals surface area contributed by atoms with Crippen LogP contribution in [0.1, 0.15) is 36.1 Å². The predicted molar refractivity (Wildman–Crippen MR) is 104 cm³/mol. The van der Waals surface area contributed by atoms with Crippen LogP contribution in [0, 0.1) is 0 Å². The van der Waals surface area contributed by atoms with Crippen molar-refractivity contribution in [2.24, 2.45) is 5.11 Å². The van der Waals surface area contributed by atoms with Crippen molar-refractivity contribution in [3.63, 3.8) is 0 Å². The smallest absolute Gasteiger partial charge is 0.195 e. The first-order chi connectivity index (χ1) is 13.3. The van der Waals surface area contributed by atoms with Crippen LogP contribution in [0.15, 0.2) is 41.6 Å². The summed E-state index contributed by atoms with van der Waals surface area (Å²) in [5.74, 6) is -0.612. The highest BCUT2D eigenvalue weighted by atomic mass is 35.5. The molecule has 0 bridgehead atoms. The maximum absolute atomic E-state index is 15.8. The van der Waals surface area contributed by atoms with E-state index in [0.29, 0.717) is 15.6 Å². The molecular weight excluding hydrogens is 406 g/mol. The summed E-state index contributed by atoms with van der Waals surface area (Å²) in [6.45, 7) is -0.280. The van der Waals surface area contributed by atoms with E-state index in [9.17, 15) is 9.90 Å². The van der Waals surface area contributed by atoms with Gasteiger partial charge in [0.1, 0.15) is 5.60 Å². The van der Waals surface area contributed by atoms with Crippen LogP contribution in [-0.4, -0.2) is 22.4 Å². The second-order valence-corrected chi connectivity index (χ2v) is 7.62. The monoisotopic (exact) mass is 422 g/mol. The number of hydrogen-bond donors (Lipinski definition) is 1. The van der Waals surface area contributed by atoms with Crippen LogP contribution in [0.2, 0.25) is 10.0 Å². The Morgan fingerprint density at radius 2 is 2.14 bits per heavy atom. The van der Waals surface area contributed by atoms with Crippen molar-refractivity contribution in [3.05, 3.63) is 73.8 Å². The molecule has 1 aromatic carbocycles. The number of alkyl halides is 1. The first-order valence-electron chi connectivity index (χ1n) is 8.65. The summed E-state index contributed by atoms with van der Waals surface area (Å²) in [4.78, 5) is 19.6. The first-order valence-corrected chi connectivity index (χ1v) is 9.41. The van der Waals surface area contributed by atoms with Gasteiger partial charge < -0.3 is 5.11 Å². The fraction of sp³-hybridized carbons (Fsp3) is 0.368. The van der Waals surface area contributed by atoms with Crippen LogP contribution < -0.4 is 0 Å².